The van der Waals surface area contributed by atoms with Crippen molar-refractivity contribution in [3.8, 4) is 50.4 Å². The van der Waals surface area contributed by atoms with Crippen molar-refractivity contribution >= 4 is 65.4 Å². The average Bonchev–Trinajstić information content (AvgIpc) is 3.99. The lowest BCUT2D eigenvalue weighted by molar-refractivity contribution is 1.16. The summed E-state index contributed by atoms with van der Waals surface area (Å²) in [5.74, 6) is 0. The number of para-hydroxylation sites is 5. The SMILES string of the molecule is c1ccc(-c2cccc(-c3ccc(-n4c5ccccc5c5cc(-n6c7ccccc7c7ccc(-c8ccccc8-n8c9ccccc9c9ccccc98)cc76)ccc54)cc3)c2)cc1. The first kappa shape index (κ1) is 35.4. The zero-order valence-corrected chi connectivity index (χ0v) is 34.4. The van der Waals surface area contributed by atoms with E-state index in [2.05, 4.69) is 250 Å². The third kappa shape index (κ3) is 5.53. The Morgan fingerprint density at radius 2 is 0.651 bits per heavy atom. The Hall–Kier alpha value is -8.40. The van der Waals surface area contributed by atoms with Crippen molar-refractivity contribution in [2.24, 2.45) is 0 Å². The smallest absolute Gasteiger partial charge is 0.0547 e. The summed E-state index contributed by atoms with van der Waals surface area (Å²) >= 11 is 0. The van der Waals surface area contributed by atoms with Crippen molar-refractivity contribution < 1.29 is 0 Å². The van der Waals surface area contributed by atoms with E-state index >= 15 is 0 Å². The molecule has 0 bridgehead atoms. The second-order valence-corrected chi connectivity index (χ2v) is 16.5. The minimum atomic E-state index is 1.14. The molecule has 0 fully saturated rings. The predicted molar refractivity (Wildman–Crippen MR) is 266 cm³/mol. The van der Waals surface area contributed by atoms with E-state index in [9.17, 15) is 0 Å². The Morgan fingerprint density at radius 3 is 1.30 bits per heavy atom. The highest BCUT2D eigenvalue weighted by atomic mass is 15.0. The van der Waals surface area contributed by atoms with Gasteiger partial charge in [0.25, 0.3) is 0 Å². The van der Waals surface area contributed by atoms with Crippen LogP contribution in [-0.2, 0) is 0 Å². The van der Waals surface area contributed by atoms with Gasteiger partial charge in [0.2, 0.25) is 0 Å². The summed E-state index contributed by atoms with van der Waals surface area (Å²) < 4.78 is 7.30. The largest absolute Gasteiger partial charge is 0.309 e. The Kier molecular flexibility index (Phi) is 7.91. The molecule has 10 aromatic carbocycles. The fourth-order valence-electron chi connectivity index (χ4n) is 10.2. The normalized spacial score (nSPS) is 11.8. The highest BCUT2D eigenvalue weighted by Crippen LogP contribution is 2.41. The number of rotatable bonds is 6. The maximum absolute atomic E-state index is 2.46. The van der Waals surface area contributed by atoms with Gasteiger partial charge in [0.15, 0.2) is 0 Å². The highest BCUT2D eigenvalue weighted by Gasteiger charge is 2.19. The molecule has 13 aromatic rings. The van der Waals surface area contributed by atoms with Crippen LogP contribution >= 0.6 is 0 Å². The van der Waals surface area contributed by atoms with Crippen LogP contribution in [0.3, 0.4) is 0 Å². The molecule has 3 heteroatoms. The third-order valence-corrected chi connectivity index (χ3v) is 13.1. The number of hydrogen-bond acceptors (Lipinski definition) is 0. The number of hydrogen-bond donors (Lipinski definition) is 0. The van der Waals surface area contributed by atoms with Crippen LogP contribution in [0.15, 0.2) is 237 Å². The highest BCUT2D eigenvalue weighted by molar-refractivity contribution is 6.13. The molecule has 3 aromatic heterocycles. The summed E-state index contributed by atoms with van der Waals surface area (Å²) in [5.41, 5.74) is 17.8. The van der Waals surface area contributed by atoms with Crippen LogP contribution in [0.25, 0.3) is 116 Å². The molecule has 63 heavy (non-hydrogen) atoms. The molecule has 0 aliphatic carbocycles. The Morgan fingerprint density at radius 1 is 0.206 bits per heavy atom. The van der Waals surface area contributed by atoms with E-state index in [1.54, 1.807) is 0 Å². The van der Waals surface area contributed by atoms with Gasteiger partial charge in [0.05, 0.1) is 38.8 Å². The fraction of sp³-hybridized carbons (Fsp3) is 0. The fourth-order valence-corrected chi connectivity index (χ4v) is 10.2. The standard InChI is InChI=1S/C60H39N3/c1-2-15-40(16-3-1)42-17-14-18-43(37-42)41-29-32-45(33-30-41)61-56-26-11-8-23-51(56)53-39-46(34-36-59(53)61)62-55-25-10-5-22-50(55)52-35-31-44(38-60(52)62)47-19-4-9-24-54(47)63-57-27-12-6-20-48(57)49-21-7-13-28-58(49)63/h1-39H. The summed E-state index contributed by atoms with van der Waals surface area (Å²) in [6.07, 6.45) is 0. The minimum absolute atomic E-state index is 1.14. The molecule has 3 heterocycles. The van der Waals surface area contributed by atoms with Gasteiger partial charge in [-0.1, -0.05) is 164 Å². The van der Waals surface area contributed by atoms with Gasteiger partial charge in [-0.2, -0.15) is 0 Å². The van der Waals surface area contributed by atoms with Crippen molar-refractivity contribution in [1.82, 2.24) is 13.7 Å². The van der Waals surface area contributed by atoms with Crippen molar-refractivity contribution in [1.29, 1.82) is 0 Å². The Balaban J connectivity index is 0.955. The quantitative estimate of drug-likeness (QED) is 0.159. The second-order valence-electron chi connectivity index (χ2n) is 16.5. The second kappa shape index (κ2) is 14.1. The minimum Gasteiger partial charge on any atom is -0.309 e. The molecule has 0 radical (unpaired) electrons. The molecule has 3 nitrogen and oxygen atoms in total. The zero-order chi connectivity index (χ0) is 41.4. The van der Waals surface area contributed by atoms with Crippen molar-refractivity contribution in [2.75, 3.05) is 0 Å². The zero-order valence-electron chi connectivity index (χ0n) is 34.4. The van der Waals surface area contributed by atoms with Crippen LogP contribution in [0, 0.1) is 0 Å². The van der Waals surface area contributed by atoms with Crippen LogP contribution < -0.4 is 0 Å². The van der Waals surface area contributed by atoms with Crippen LogP contribution in [0.1, 0.15) is 0 Å². The molecular formula is C60H39N3. The van der Waals surface area contributed by atoms with E-state index in [4.69, 9.17) is 0 Å². The number of aromatic nitrogens is 3. The maximum Gasteiger partial charge on any atom is 0.0547 e. The third-order valence-electron chi connectivity index (χ3n) is 13.1. The van der Waals surface area contributed by atoms with E-state index in [0.29, 0.717) is 0 Å². The summed E-state index contributed by atoms with van der Waals surface area (Å²) in [5, 5.41) is 7.46. The summed E-state index contributed by atoms with van der Waals surface area (Å²) in [6.45, 7) is 0. The number of fused-ring (bicyclic) bond motifs is 9. The van der Waals surface area contributed by atoms with Crippen molar-refractivity contribution in [3.05, 3.63) is 237 Å². The monoisotopic (exact) mass is 801 g/mol. The van der Waals surface area contributed by atoms with E-state index in [1.807, 2.05) is 0 Å². The van der Waals surface area contributed by atoms with Crippen molar-refractivity contribution in [2.45, 2.75) is 0 Å². The van der Waals surface area contributed by atoms with Crippen LogP contribution in [0.4, 0.5) is 0 Å². The molecule has 0 spiro atoms. The van der Waals surface area contributed by atoms with Gasteiger partial charge in [-0.25, -0.2) is 0 Å². The number of benzene rings is 10. The average molecular weight is 802 g/mol. The van der Waals surface area contributed by atoms with Gasteiger partial charge in [-0.3, -0.25) is 0 Å². The van der Waals surface area contributed by atoms with Gasteiger partial charge >= 0.3 is 0 Å². The first-order valence-corrected chi connectivity index (χ1v) is 21.7. The maximum atomic E-state index is 2.46. The molecule has 0 aliphatic rings. The molecule has 0 amide bonds. The van der Waals surface area contributed by atoms with Gasteiger partial charge in [-0.15, -0.1) is 0 Å². The lowest BCUT2D eigenvalue weighted by atomic mass is 9.99. The molecule has 0 aliphatic heterocycles. The van der Waals surface area contributed by atoms with E-state index < -0.39 is 0 Å². The molecule has 0 saturated heterocycles. The molecule has 294 valence electrons. The first-order chi connectivity index (χ1) is 31.3. The van der Waals surface area contributed by atoms with Gasteiger partial charge in [-0.05, 0) is 101 Å². The topological polar surface area (TPSA) is 14.8 Å². The Bertz CT molecular complexity index is 3850. The molecular weight excluding hydrogens is 763 g/mol. The summed E-state index contributed by atoms with van der Waals surface area (Å²) in [4.78, 5) is 0. The lowest BCUT2D eigenvalue weighted by Gasteiger charge is -2.15. The van der Waals surface area contributed by atoms with E-state index in [0.717, 1.165) is 11.4 Å². The van der Waals surface area contributed by atoms with Gasteiger partial charge in [0.1, 0.15) is 0 Å². The lowest BCUT2D eigenvalue weighted by Crippen LogP contribution is -1.98. The molecule has 0 N–H and O–H groups in total. The summed E-state index contributed by atoms with van der Waals surface area (Å²) in [7, 11) is 0. The van der Waals surface area contributed by atoms with E-state index in [1.165, 1.54) is 104 Å². The van der Waals surface area contributed by atoms with Gasteiger partial charge < -0.3 is 13.7 Å². The molecule has 13 rings (SSSR count). The van der Waals surface area contributed by atoms with E-state index in [-0.39, 0.29) is 0 Å². The van der Waals surface area contributed by atoms with Crippen LogP contribution in [0.5, 0.6) is 0 Å². The molecule has 0 saturated carbocycles. The summed E-state index contributed by atoms with van der Waals surface area (Å²) in [6, 6.07) is 86.4. The predicted octanol–water partition coefficient (Wildman–Crippen LogP) is 16.0. The molecule has 0 unspecified atom stereocenters. The van der Waals surface area contributed by atoms with Crippen LogP contribution in [0.2, 0.25) is 0 Å². The number of nitrogens with zero attached hydrogens (tertiary/aromatic N) is 3. The van der Waals surface area contributed by atoms with Crippen LogP contribution in [-0.4, -0.2) is 13.7 Å². The first-order valence-electron chi connectivity index (χ1n) is 21.7. The molecule has 0 atom stereocenters. The van der Waals surface area contributed by atoms with Crippen molar-refractivity contribution in [3.63, 3.8) is 0 Å². The van der Waals surface area contributed by atoms with Gasteiger partial charge in [0, 0.05) is 49.3 Å². The Labute approximate surface area is 364 Å².